The summed E-state index contributed by atoms with van der Waals surface area (Å²) in [6.07, 6.45) is 0.602. The predicted octanol–water partition coefficient (Wildman–Crippen LogP) is 2.42. The van der Waals surface area contributed by atoms with E-state index in [9.17, 15) is 9.59 Å². The maximum Gasteiger partial charge on any atom is 0.289 e. The van der Waals surface area contributed by atoms with Crippen LogP contribution in [-0.4, -0.2) is 29.8 Å². The van der Waals surface area contributed by atoms with Gasteiger partial charge in [0.05, 0.1) is 5.92 Å². The van der Waals surface area contributed by atoms with E-state index in [0.29, 0.717) is 25.3 Å². The van der Waals surface area contributed by atoms with Gasteiger partial charge in [-0.2, -0.15) is 0 Å². The average Bonchev–Trinajstić information content (AvgIpc) is 3.23. The van der Waals surface area contributed by atoms with Crippen molar-refractivity contribution in [2.45, 2.75) is 26.9 Å². The van der Waals surface area contributed by atoms with Crippen LogP contribution in [0.3, 0.4) is 0 Å². The minimum absolute atomic E-state index is 0.221. The number of furan rings is 1. The number of amides is 2. The second kappa shape index (κ2) is 7.01. The summed E-state index contributed by atoms with van der Waals surface area (Å²) in [5, 5.41) is 0. The molecule has 1 saturated heterocycles. The molecule has 6 nitrogen and oxygen atoms in total. The summed E-state index contributed by atoms with van der Waals surface area (Å²) in [6, 6.07) is 9.34. The predicted molar refractivity (Wildman–Crippen MR) is 92.2 cm³/mol. The van der Waals surface area contributed by atoms with Crippen LogP contribution in [0.1, 0.15) is 33.9 Å². The molecular weight excluding hydrogens is 320 g/mol. The lowest BCUT2D eigenvalue weighted by atomic mass is 10.1. The highest BCUT2D eigenvalue weighted by atomic mass is 16.5. The summed E-state index contributed by atoms with van der Waals surface area (Å²) in [5.74, 6) is 0.766. The van der Waals surface area contributed by atoms with E-state index >= 15 is 0 Å². The molecular formula is C19H22N2O4. The number of nitrogens with zero attached hydrogens (tertiary/aromatic N) is 1. The van der Waals surface area contributed by atoms with Crippen LogP contribution in [0, 0.1) is 19.8 Å². The number of ether oxygens (including phenoxy) is 1. The Morgan fingerprint density at radius 1 is 1.28 bits per heavy atom. The van der Waals surface area contributed by atoms with Crippen LogP contribution in [0.2, 0.25) is 0 Å². The van der Waals surface area contributed by atoms with Crippen molar-refractivity contribution in [2.24, 2.45) is 11.7 Å². The Balaban J connectivity index is 1.60. The number of primary amides is 1. The van der Waals surface area contributed by atoms with Crippen LogP contribution >= 0.6 is 0 Å². The molecule has 1 aromatic heterocycles. The summed E-state index contributed by atoms with van der Waals surface area (Å²) in [6.45, 7) is 5.14. The molecule has 0 radical (unpaired) electrons. The summed E-state index contributed by atoms with van der Waals surface area (Å²) in [7, 11) is 0. The second-order valence-electron chi connectivity index (χ2n) is 6.46. The largest absolute Gasteiger partial charge is 0.485 e. The van der Waals surface area contributed by atoms with Gasteiger partial charge in [-0.15, -0.1) is 0 Å². The minimum atomic E-state index is -0.364. The molecule has 3 rings (SSSR count). The highest BCUT2D eigenvalue weighted by Crippen LogP contribution is 2.22. The molecule has 0 saturated carbocycles. The van der Waals surface area contributed by atoms with E-state index in [-0.39, 0.29) is 30.1 Å². The van der Waals surface area contributed by atoms with Crippen molar-refractivity contribution in [3.8, 4) is 5.75 Å². The Morgan fingerprint density at radius 2 is 2.08 bits per heavy atom. The molecule has 25 heavy (non-hydrogen) atoms. The van der Waals surface area contributed by atoms with Gasteiger partial charge in [0.15, 0.2) is 5.76 Å². The minimum Gasteiger partial charge on any atom is -0.485 e. The molecule has 132 valence electrons. The van der Waals surface area contributed by atoms with E-state index in [0.717, 1.165) is 11.3 Å². The molecule has 0 bridgehead atoms. The molecule has 6 heteroatoms. The topological polar surface area (TPSA) is 85.8 Å². The summed E-state index contributed by atoms with van der Waals surface area (Å²) in [4.78, 5) is 25.3. The van der Waals surface area contributed by atoms with Crippen LogP contribution in [0.15, 0.2) is 34.7 Å². The molecule has 1 unspecified atom stereocenters. The zero-order valence-electron chi connectivity index (χ0n) is 14.5. The first-order valence-corrected chi connectivity index (χ1v) is 8.31. The number of rotatable bonds is 5. The van der Waals surface area contributed by atoms with Gasteiger partial charge in [-0.3, -0.25) is 9.59 Å². The normalized spacial score (nSPS) is 16.9. The van der Waals surface area contributed by atoms with Gasteiger partial charge in [0, 0.05) is 13.1 Å². The van der Waals surface area contributed by atoms with Crippen LogP contribution < -0.4 is 10.5 Å². The van der Waals surface area contributed by atoms with Crippen molar-refractivity contribution in [1.82, 2.24) is 4.90 Å². The first kappa shape index (κ1) is 17.1. The van der Waals surface area contributed by atoms with Gasteiger partial charge in [0.2, 0.25) is 5.91 Å². The third-order valence-corrected chi connectivity index (χ3v) is 4.45. The fourth-order valence-corrected chi connectivity index (χ4v) is 3.01. The van der Waals surface area contributed by atoms with Crippen molar-refractivity contribution in [1.29, 1.82) is 0 Å². The monoisotopic (exact) mass is 342 g/mol. The van der Waals surface area contributed by atoms with Crippen LogP contribution in [0.5, 0.6) is 5.75 Å². The van der Waals surface area contributed by atoms with Crippen molar-refractivity contribution >= 4 is 11.8 Å². The number of carbonyl (C=O) groups is 2. The van der Waals surface area contributed by atoms with Gasteiger partial charge >= 0.3 is 0 Å². The SMILES string of the molecule is Cc1ccc(OCc2ccc(C(=O)N3CCC(C(N)=O)C3)o2)c(C)c1. The standard InChI is InChI=1S/C19H22N2O4/c1-12-3-5-16(13(2)9-12)24-11-15-4-6-17(25-15)19(23)21-8-7-14(10-21)18(20)22/h3-6,9,14H,7-8,10-11H2,1-2H3,(H2,20,22). The Kier molecular flexibility index (Phi) is 4.79. The fourth-order valence-electron chi connectivity index (χ4n) is 3.01. The van der Waals surface area contributed by atoms with Crippen LogP contribution in [0.25, 0.3) is 0 Å². The van der Waals surface area contributed by atoms with Crippen molar-refractivity contribution < 1.29 is 18.7 Å². The molecule has 1 aliphatic heterocycles. The average molecular weight is 342 g/mol. The third-order valence-electron chi connectivity index (χ3n) is 4.45. The maximum absolute atomic E-state index is 12.4. The van der Waals surface area contributed by atoms with Crippen molar-refractivity contribution in [3.63, 3.8) is 0 Å². The number of nitrogens with two attached hydrogens (primary N) is 1. The zero-order valence-corrected chi connectivity index (χ0v) is 14.5. The number of hydrogen-bond donors (Lipinski definition) is 1. The molecule has 1 fully saturated rings. The number of carbonyl (C=O) groups excluding carboxylic acids is 2. The molecule has 2 heterocycles. The lowest BCUT2D eigenvalue weighted by molar-refractivity contribution is -0.121. The first-order valence-electron chi connectivity index (χ1n) is 8.31. The zero-order chi connectivity index (χ0) is 18.0. The van der Waals surface area contributed by atoms with E-state index in [2.05, 4.69) is 6.07 Å². The lowest BCUT2D eigenvalue weighted by Crippen LogP contribution is -2.31. The highest BCUT2D eigenvalue weighted by molar-refractivity contribution is 5.92. The molecule has 1 atom stereocenters. The van der Waals surface area contributed by atoms with Gasteiger partial charge in [-0.25, -0.2) is 0 Å². The molecule has 2 amide bonds. The molecule has 1 aromatic carbocycles. The number of aryl methyl sites for hydroxylation is 2. The maximum atomic E-state index is 12.4. The summed E-state index contributed by atoms with van der Waals surface area (Å²) in [5.41, 5.74) is 7.53. The van der Waals surface area contributed by atoms with Gasteiger partial charge in [0.25, 0.3) is 5.91 Å². The van der Waals surface area contributed by atoms with Crippen molar-refractivity contribution in [2.75, 3.05) is 13.1 Å². The van der Waals surface area contributed by atoms with Gasteiger partial charge < -0.3 is 19.8 Å². The second-order valence-corrected chi connectivity index (χ2v) is 6.46. The van der Waals surface area contributed by atoms with Crippen LogP contribution in [-0.2, 0) is 11.4 Å². The molecule has 0 spiro atoms. The number of benzene rings is 1. The molecule has 2 N–H and O–H groups in total. The van der Waals surface area contributed by atoms with E-state index < -0.39 is 0 Å². The molecule has 0 aliphatic carbocycles. The van der Waals surface area contributed by atoms with E-state index in [1.54, 1.807) is 17.0 Å². The fraction of sp³-hybridized carbons (Fsp3) is 0.368. The number of likely N-dealkylation sites (tertiary alicyclic amines) is 1. The Hall–Kier alpha value is -2.76. The highest BCUT2D eigenvalue weighted by Gasteiger charge is 2.31. The Labute approximate surface area is 146 Å². The van der Waals surface area contributed by atoms with Crippen LogP contribution in [0.4, 0.5) is 0 Å². The summed E-state index contributed by atoms with van der Waals surface area (Å²) >= 11 is 0. The summed E-state index contributed by atoms with van der Waals surface area (Å²) < 4.78 is 11.4. The first-order chi connectivity index (χ1) is 11.9. The van der Waals surface area contributed by atoms with Gasteiger partial charge in [-0.05, 0) is 44.0 Å². The van der Waals surface area contributed by atoms with Crippen molar-refractivity contribution in [3.05, 3.63) is 53.0 Å². The smallest absolute Gasteiger partial charge is 0.289 e. The Bertz CT molecular complexity index is 796. The van der Waals surface area contributed by atoms with E-state index in [1.807, 2.05) is 26.0 Å². The van der Waals surface area contributed by atoms with E-state index in [1.165, 1.54) is 5.56 Å². The molecule has 2 aromatic rings. The number of hydrogen-bond acceptors (Lipinski definition) is 4. The Morgan fingerprint density at radius 3 is 2.76 bits per heavy atom. The van der Waals surface area contributed by atoms with E-state index in [4.69, 9.17) is 14.9 Å². The van der Waals surface area contributed by atoms with Gasteiger partial charge in [-0.1, -0.05) is 17.7 Å². The third kappa shape index (κ3) is 3.84. The molecule has 1 aliphatic rings. The quantitative estimate of drug-likeness (QED) is 0.904. The van der Waals surface area contributed by atoms with Gasteiger partial charge in [0.1, 0.15) is 18.1 Å². The lowest BCUT2D eigenvalue weighted by Gasteiger charge is -2.14.